The second-order valence-corrected chi connectivity index (χ2v) is 7.96. The Balaban J connectivity index is 2.22. The molecule has 2 N–H and O–H groups in total. The Morgan fingerprint density at radius 2 is 2.19 bits per heavy atom. The number of anilines is 1. The maximum Gasteiger partial charge on any atom is 0.301 e. The summed E-state index contributed by atoms with van der Waals surface area (Å²) in [5.41, 5.74) is 0.455. The molecular formula is C13H19BrClN3O2S. The van der Waals surface area contributed by atoms with Crippen molar-refractivity contribution in [2.75, 3.05) is 24.9 Å². The van der Waals surface area contributed by atoms with Crippen LogP contribution < -0.4 is 10.0 Å². The summed E-state index contributed by atoms with van der Waals surface area (Å²) in [6.07, 6.45) is 2.82. The van der Waals surface area contributed by atoms with Crippen LogP contribution >= 0.6 is 27.5 Å². The lowest BCUT2D eigenvalue weighted by atomic mass is 10.1. The second kappa shape index (κ2) is 7.28. The third-order valence-electron chi connectivity index (χ3n) is 3.49. The van der Waals surface area contributed by atoms with Gasteiger partial charge in [-0.05, 0) is 54.0 Å². The molecule has 0 radical (unpaired) electrons. The SMILES string of the molecule is CNCC1CCCCN1S(=O)(=O)Nc1cc(Cl)ccc1Br. The Morgan fingerprint density at radius 1 is 1.43 bits per heavy atom. The first kappa shape index (κ1) is 17.0. The smallest absolute Gasteiger partial charge is 0.301 e. The van der Waals surface area contributed by atoms with Crippen molar-refractivity contribution in [1.82, 2.24) is 9.62 Å². The molecule has 118 valence electrons. The molecule has 0 saturated carbocycles. The topological polar surface area (TPSA) is 61.4 Å². The van der Waals surface area contributed by atoms with E-state index >= 15 is 0 Å². The van der Waals surface area contributed by atoms with Crippen LogP contribution in [0.15, 0.2) is 22.7 Å². The fourth-order valence-electron chi connectivity index (χ4n) is 2.50. The van der Waals surface area contributed by atoms with Crippen LogP contribution in [0.2, 0.25) is 5.02 Å². The van der Waals surface area contributed by atoms with Crippen molar-refractivity contribution < 1.29 is 8.42 Å². The first-order valence-electron chi connectivity index (χ1n) is 6.83. The monoisotopic (exact) mass is 395 g/mol. The van der Waals surface area contributed by atoms with Gasteiger partial charge < -0.3 is 5.32 Å². The number of piperidine rings is 1. The maximum atomic E-state index is 12.6. The predicted octanol–water partition coefficient (Wildman–Crippen LogP) is 2.83. The van der Waals surface area contributed by atoms with Gasteiger partial charge in [-0.15, -0.1) is 0 Å². The molecule has 1 aromatic carbocycles. The Morgan fingerprint density at radius 3 is 2.90 bits per heavy atom. The quantitative estimate of drug-likeness (QED) is 0.804. The highest BCUT2D eigenvalue weighted by Gasteiger charge is 2.32. The van der Waals surface area contributed by atoms with Gasteiger partial charge in [0, 0.05) is 28.6 Å². The van der Waals surface area contributed by atoms with E-state index in [1.54, 1.807) is 22.5 Å². The van der Waals surface area contributed by atoms with E-state index in [4.69, 9.17) is 11.6 Å². The zero-order chi connectivity index (χ0) is 15.5. The maximum absolute atomic E-state index is 12.6. The minimum atomic E-state index is -3.59. The van der Waals surface area contributed by atoms with Gasteiger partial charge in [0.25, 0.3) is 0 Å². The molecule has 1 aliphatic heterocycles. The average molecular weight is 397 g/mol. The molecule has 0 aliphatic carbocycles. The molecule has 0 spiro atoms. The lowest BCUT2D eigenvalue weighted by Gasteiger charge is -2.34. The Bertz CT molecular complexity index is 595. The summed E-state index contributed by atoms with van der Waals surface area (Å²) in [6, 6.07) is 5.01. The third kappa shape index (κ3) is 4.32. The summed E-state index contributed by atoms with van der Waals surface area (Å²) in [6.45, 7) is 1.19. The van der Waals surface area contributed by atoms with E-state index in [1.165, 1.54) is 0 Å². The van der Waals surface area contributed by atoms with Crippen LogP contribution in [0, 0.1) is 0 Å². The highest BCUT2D eigenvalue weighted by Crippen LogP contribution is 2.28. The number of nitrogens with one attached hydrogen (secondary N) is 2. The van der Waals surface area contributed by atoms with Gasteiger partial charge in [-0.2, -0.15) is 12.7 Å². The molecule has 1 unspecified atom stereocenters. The van der Waals surface area contributed by atoms with E-state index in [0.717, 1.165) is 19.3 Å². The molecule has 1 aromatic rings. The summed E-state index contributed by atoms with van der Waals surface area (Å²) in [5.74, 6) is 0. The Hall–Kier alpha value is -0.340. The molecule has 1 fully saturated rings. The molecule has 0 aromatic heterocycles. The lowest BCUT2D eigenvalue weighted by molar-refractivity contribution is 0.250. The molecule has 1 atom stereocenters. The van der Waals surface area contributed by atoms with Gasteiger partial charge in [0.2, 0.25) is 0 Å². The number of benzene rings is 1. The zero-order valence-electron chi connectivity index (χ0n) is 11.8. The number of nitrogens with zero attached hydrogens (tertiary/aromatic N) is 1. The van der Waals surface area contributed by atoms with Crippen LogP contribution in [0.25, 0.3) is 0 Å². The van der Waals surface area contributed by atoms with Crippen LogP contribution in [0.1, 0.15) is 19.3 Å². The van der Waals surface area contributed by atoms with Crippen LogP contribution in [-0.4, -0.2) is 38.9 Å². The molecule has 1 heterocycles. The van der Waals surface area contributed by atoms with Crippen LogP contribution in [0.3, 0.4) is 0 Å². The van der Waals surface area contributed by atoms with Gasteiger partial charge in [0.1, 0.15) is 0 Å². The van der Waals surface area contributed by atoms with Crippen LogP contribution in [0.5, 0.6) is 0 Å². The Labute approximate surface area is 139 Å². The van der Waals surface area contributed by atoms with Gasteiger partial charge in [-0.3, -0.25) is 4.72 Å². The van der Waals surface area contributed by atoms with Crippen molar-refractivity contribution in [1.29, 1.82) is 0 Å². The molecule has 0 amide bonds. The zero-order valence-corrected chi connectivity index (χ0v) is 14.9. The number of likely N-dealkylation sites (N-methyl/N-ethyl adjacent to an activating group) is 1. The van der Waals surface area contributed by atoms with Crippen molar-refractivity contribution in [2.45, 2.75) is 25.3 Å². The number of hydrogen-bond donors (Lipinski definition) is 2. The second-order valence-electron chi connectivity index (χ2n) is 5.05. The van der Waals surface area contributed by atoms with Crippen LogP contribution in [0.4, 0.5) is 5.69 Å². The van der Waals surface area contributed by atoms with Crippen molar-refractivity contribution in [2.24, 2.45) is 0 Å². The number of rotatable bonds is 5. The third-order valence-corrected chi connectivity index (χ3v) is 5.99. The van der Waals surface area contributed by atoms with Crippen molar-refractivity contribution >= 4 is 43.4 Å². The van der Waals surface area contributed by atoms with Crippen LogP contribution in [-0.2, 0) is 10.2 Å². The standard InChI is InChI=1S/C13H19BrClN3O2S/c1-16-9-11-4-2-3-7-18(11)21(19,20)17-13-8-10(15)5-6-12(13)14/h5-6,8,11,16-17H,2-4,7,9H2,1H3. The molecule has 1 aliphatic rings. The molecule has 5 nitrogen and oxygen atoms in total. The fourth-order valence-corrected chi connectivity index (χ4v) is 4.66. The van der Waals surface area contributed by atoms with Gasteiger partial charge in [0.05, 0.1) is 5.69 Å². The van der Waals surface area contributed by atoms with Crippen molar-refractivity contribution in [3.05, 3.63) is 27.7 Å². The lowest BCUT2D eigenvalue weighted by Crippen LogP contribution is -2.49. The fraction of sp³-hybridized carbons (Fsp3) is 0.538. The van der Waals surface area contributed by atoms with Crippen molar-refractivity contribution in [3.63, 3.8) is 0 Å². The van der Waals surface area contributed by atoms with E-state index in [0.29, 0.717) is 28.3 Å². The Kier molecular flexibility index (Phi) is 5.90. The highest BCUT2D eigenvalue weighted by atomic mass is 79.9. The first-order valence-corrected chi connectivity index (χ1v) is 9.44. The summed E-state index contributed by atoms with van der Waals surface area (Å²) < 4.78 is 30.1. The number of hydrogen-bond acceptors (Lipinski definition) is 3. The average Bonchev–Trinajstić information content (AvgIpc) is 2.43. The first-order chi connectivity index (χ1) is 9.94. The molecule has 2 rings (SSSR count). The minimum Gasteiger partial charge on any atom is -0.318 e. The van der Waals surface area contributed by atoms with E-state index < -0.39 is 10.2 Å². The predicted molar refractivity (Wildman–Crippen MR) is 90.0 cm³/mol. The van der Waals surface area contributed by atoms with E-state index in [-0.39, 0.29) is 6.04 Å². The molecule has 1 saturated heterocycles. The van der Waals surface area contributed by atoms with Crippen molar-refractivity contribution in [3.8, 4) is 0 Å². The van der Waals surface area contributed by atoms with Gasteiger partial charge >= 0.3 is 10.2 Å². The van der Waals surface area contributed by atoms with E-state index in [1.807, 2.05) is 7.05 Å². The van der Waals surface area contributed by atoms with Gasteiger partial charge in [-0.25, -0.2) is 0 Å². The highest BCUT2D eigenvalue weighted by molar-refractivity contribution is 9.10. The summed E-state index contributed by atoms with van der Waals surface area (Å²) in [5, 5.41) is 3.55. The molecule has 0 bridgehead atoms. The van der Waals surface area contributed by atoms with E-state index in [9.17, 15) is 8.42 Å². The van der Waals surface area contributed by atoms with Gasteiger partial charge in [0.15, 0.2) is 0 Å². The summed E-state index contributed by atoms with van der Waals surface area (Å²) >= 11 is 9.27. The largest absolute Gasteiger partial charge is 0.318 e. The summed E-state index contributed by atoms with van der Waals surface area (Å²) in [4.78, 5) is 0. The van der Waals surface area contributed by atoms with Gasteiger partial charge in [-0.1, -0.05) is 18.0 Å². The molecule has 8 heteroatoms. The molecule has 21 heavy (non-hydrogen) atoms. The molecular weight excluding hydrogens is 378 g/mol. The van der Waals surface area contributed by atoms with E-state index in [2.05, 4.69) is 26.0 Å². The number of halogens is 2. The normalized spacial score (nSPS) is 20.4. The summed E-state index contributed by atoms with van der Waals surface area (Å²) in [7, 11) is -1.76. The minimum absolute atomic E-state index is 0.0146.